The van der Waals surface area contributed by atoms with Gasteiger partial charge in [-0.1, -0.05) is 19.4 Å². The molecule has 0 bridgehead atoms. The largest absolute Gasteiger partial charge is 0.398 e. The van der Waals surface area contributed by atoms with Gasteiger partial charge in [-0.3, -0.25) is 4.79 Å². The minimum atomic E-state index is -0.0831. The molecule has 1 aromatic carbocycles. The Balaban J connectivity index is 2.22. The highest BCUT2D eigenvalue weighted by Gasteiger charge is 2.05. The lowest BCUT2D eigenvalue weighted by Crippen LogP contribution is -2.25. The van der Waals surface area contributed by atoms with Gasteiger partial charge in [-0.2, -0.15) is 0 Å². The van der Waals surface area contributed by atoms with Gasteiger partial charge in [-0.15, -0.1) is 0 Å². The molecule has 0 heterocycles. The summed E-state index contributed by atoms with van der Waals surface area (Å²) in [4.78, 5) is 11.8. The summed E-state index contributed by atoms with van der Waals surface area (Å²) in [6.07, 6.45) is 3.07. The van der Waals surface area contributed by atoms with Crippen LogP contribution in [0.2, 0.25) is 0 Å². The van der Waals surface area contributed by atoms with Crippen molar-refractivity contribution in [3.05, 3.63) is 29.3 Å². The van der Waals surface area contributed by atoms with Gasteiger partial charge >= 0.3 is 0 Å². The second-order valence-corrected chi connectivity index (χ2v) is 4.65. The summed E-state index contributed by atoms with van der Waals surface area (Å²) in [5.74, 6) is -0.0831. The van der Waals surface area contributed by atoms with E-state index >= 15 is 0 Å². The maximum atomic E-state index is 11.8. The van der Waals surface area contributed by atoms with E-state index < -0.39 is 0 Å². The van der Waals surface area contributed by atoms with E-state index in [1.165, 1.54) is 0 Å². The molecule has 4 heteroatoms. The van der Waals surface area contributed by atoms with E-state index in [-0.39, 0.29) is 5.91 Å². The van der Waals surface area contributed by atoms with Crippen molar-refractivity contribution in [2.24, 2.45) is 0 Å². The zero-order valence-corrected chi connectivity index (χ0v) is 11.9. The van der Waals surface area contributed by atoms with Crippen LogP contribution in [-0.4, -0.2) is 25.7 Å². The maximum Gasteiger partial charge on any atom is 0.251 e. The fourth-order valence-corrected chi connectivity index (χ4v) is 1.61. The van der Waals surface area contributed by atoms with Crippen LogP contribution in [0.25, 0.3) is 0 Å². The topological polar surface area (TPSA) is 64.3 Å². The normalized spacial score (nSPS) is 10.4. The molecule has 0 atom stereocenters. The van der Waals surface area contributed by atoms with Crippen molar-refractivity contribution in [1.82, 2.24) is 5.32 Å². The number of nitrogen functional groups attached to an aromatic ring is 1. The van der Waals surface area contributed by atoms with Crippen LogP contribution in [-0.2, 0) is 4.74 Å². The Morgan fingerprint density at radius 1 is 1.32 bits per heavy atom. The highest BCUT2D eigenvalue weighted by atomic mass is 16.5. The molecule has 1 rings (SSSR count). The molecule has 0 aliphatic rings. The van der Waals surface area contributed by atoms with Crippen LogP contribution in [0.3, 0.4) is 0 Å². The number of nitrogens with one attached hydrogen (secondary N) is 1. The third-order valence-corrected chi connectivity index (χ3v) is 2.93. The van der Waals surface area contributed by atoms with Crippen LogP contribution in [0.15, 0.2) is 18.2 Å². The Morgan fingerprint density at radius 3 is 2.74 bits per heavy atom. The van der Waals surface area contributed by atoms with Crippen LogP contribution >= 0.6 is 0 Å². The predicted molar refractivity (Wildman–Crippen MR) is 78.3 cm³/mol. The number of carbonyl (C=O) groups is 1. The lowest BCUT2D eigenvalue weighted by Gasteiger charge is -2.07. The minimum absolute atomic E-state index is 0.0831. The Hall–Kier alpha value is -1.55. The minimum Gasteiger partial charge on any atom is -0.398 e. The molecule has 3 N–H and O–H groups in total. The first-order valence-electron chi connectivity index (χ1n) is 6.87. The summed E-state index contributed by atoms with van der Waals surface area (Å²) >= 11 is 0. The molecule has 1 aromatic rings. The molecule has 0 aliphatic carbocycles. The number of nitrogens with two attached hydrogens (primary N) is 1. The summed E-state index contributed by atoms with van der Waals surface area (Å²) in [5, 5.41) is 2.86. The molecule has 4 nitrogen and oxygen atoms in total. The fraction of sp³-hybridized carbons (Fsp3) is 0.533. The number of aryl methyl sites for hydroxylation is 1. The van der Waals surface area contributed by atoms with E-state index in [2.05, 4.69) is 12.2 Å². The number of benzene rings is 1. The molecule has 0 spiro atoms. The molecule has 0 unspecified atom stereocenters. The van der Waals surface area contributed by atoms with E-state index in [0.29, 0.717) is 24.4 Å². The SMILES string of the molecule is CCCCOCCCNC(=O)c1ccc(C)c(N)c1. The number of anilines is 1. The summed E-state index contributed by atoms with van der Waals surface area (Å²) in [5.41, 5.74) is 8.02. The first-order valence-corrected chi connectivity index (χ1v) is 6.87. The lowest BCUT2D eigenvalue weighted by molar-refractivity contribution is 0.0940. The van der Waals surface area contributed by atoms with Crippen molar-refractivity contribution >= 4 is 11.6 Å². The number of unbranched alkanes of at least 4 members (excludes halogenated alkanes) is 1. The van der Waals surface area contributed by atoms with E-state index in [1.54, 1.807) is 12.1 Å². The van der Waals surface area contributed by atoms with E-state index in [0.717, 1.165) is 31.4 Å². The number of hydrogen-bond donors (Lipinski definition) is 2. The molecule has 106 valence electrons. The smallest absolute Gasteiger partial charge is 0.251 e. The molecule has 0 saturated heterocycles. The monoisotopic (exact) mass is 264 g/mol. The summed E-state index contributed by atoms with van der Waals surface area (Å²) in [7, 11) is 0. The summed E-state index contributed by atoms with van der Waals surface area (Å²) in [6.45, 7) is 6.18. The van der Waals surface area contributed by atoms with Crippen molar-refractivity contribution in [3.63, 3.8) is 0 Å². The highest BCUT2D eigenvalue weighted by Crippen LogP contribution is 2.12. The molecule has 19 heavy (non-hydrogen) atoms. The van der Waals surface area contributed by atoms with Crippen LogP contribution in [0.1, 0.15) is 42.1 Å². The molecular weight excluding hydrogens is 240 g/mol. The Kier molecular flexibility index (Phi) is 6.97. The Bertz CT molecular complexity index is 405. The number of carbonyl (C=O) groups excluding carboxylic acids is 1. The second kappa shape index (κ2) is 8.53. The standard InChI is InChI=1S/C15H24N2O2/c1-3-4-9-19-10-5-8-17-15(18)13-7-6-12(2)14(16)11-13/h6-7,11H,3-5,8-10,16H2,1-2H3,(H,17,18). The first-order chi connectivity index (χ1) is 9.15. The molecule has 0 aromatic heterocycles. The van der Waals surface area contributed by atoms with E-state index in [1.807, 2.05) is 13.0 Å². The average Bonchev–Trinajstić information content (AvgIpc) is 2.40. The van der Waals surface area contributed by atoms with Gasteiger partial charge in [0.05, 0.1) is 0 Å². The molecule has 0 fully saturated rings. The van der Waals surface area contributed by atoms with Crippen LogP contribution in [0.5, 0.6) is 0 Å². The first kappa shape index (κ1) is 15.5. The third kappa shape index (κ3) is 5.75. The number of hydrogen-bond acceptors (Lipinski definition) is 3. The number of ether oxygens (including phenoxy) is 1. The van der Waals surface area contributed by atoms with Gasteiger partial charge in [0.15, 0.2) is 0 Å². The average molecular weight is 264 g/mol. The van der Waals surface area contributed by atoms with Crippen molar-refractivity contribution in [3.8, 4) is 0 Å². The van der Waals surface area contributed by atoms with Gasteiger partial charge in [0.25, 0.3) is 5.91 Å². The van der Waals surface area contributed by atoms with E-state index in [4.69, 9.17) is 10.5 Å². The van der Waals surface area contributed by atoms with Crippen molar-refractivity contribution in [2.75, 3.05) is 25.5 Å². The zero-order chi connectivity index (χ0) is 14.1. The summed E-state index contributed by atoms with van der Waals surface area (Å²) in [6, 6.07) is 5.36. The van der Waals surface area contributed by atoms with E-state index in [9.17, 15) is 4.79 Å². The molecule has 0 aliphatic heterocycles. The van der Waals surface area contributed by atoms with Crippen molar-refractivity contribution in [2.45, 2.75) is 33.1 Å². The molecule has 1 amide bonds. The molecular formula is C15H24N2O2. The molecule has 0 saturated carbocycles. The van der Waals surface area contributed by atoms with Crippen molar-refractivity contribution < 1.29 is 9.53 Å². The van der Waals surface area contributed by atoms with Crippen LogP contribution < -0.4 is 11.1 Å². The molecule has 0 radical (unpaired) electrons. The number of rotatable bonds is 8. The van der Waals surface area contributed by atoms with Gasteiger partial charge < -0.3 is 15.8 Å². The van der Waals surface area contributed by atoms with Gasteiger partial charge in [0.1, 0.15) is 0 Å². The van der Waals surface area contributed by atoms with Gasteiger partial charge in [-0.25, -0.2) is 0 Å². The fourth-order valence-electron chi connectivity index (χ4n) is 1.61. The maximum absolute atomic E-state index is 11.8. The summed E-state index contributed by atoms with van der Waals surface area (Å²) < 4.78 is 5.43. The van der Waals surface area contributed by atoms with Gasteiger partial charge in [0, 0.05) is 31.0 Å². The quantitative estimate of drug-likeness (QED) is 0.560. The van der Waals surface area contributed by atoms with Crippen LogP contribution in [0, 0.1) is 6.92 Å². The van der Waals surface area contributed by atoms with Crippen LogP contribution in [0.4, 0.5) is 5.69 Å². The predicted octanol–water partition coefficient (Wildman–Crippen LogP) is 2.51. The van der Waals surface area contributed by atoms with Gasteiger partial charge in [-0.05, 0) is 37.5 Å². The zero-order valence-electron chi connectivity index (χ0n) is 11.9. The Labute approximate surface area is 115 Å². The second-order valence-electron chi connectivity index (χ2n) is 4.65. The number of amides is 1. The van der Waals surface area contributed by atoms with Gasteiger partial charge in [0.2, 0.25) is 0 Å². The van der Waals surface area contributed by atoms with Crippen molar-refractivity contribution in [1.29, 1.82) is 0 Å². The Morgan fingerprint density at radius 2 is 2.05 bits per heavy atom. The highest BCUT2D eigenvalue weighted by molar-refractivity contribution is 5.95. The lowest BCUT2D eigenvalue weighted by atomic mass is 10.1. The third-order valence-electron chi connectivity index (χ3n) is 2.93.